The molecule has 2 aliphatic rings. The predicted octanol–water partition coefficient (Wildman–Crippen LogP) is 3.58. The molecular weight excluding hydrogens is 348 g/mol. The van der Waals surface area contributed by atoms with Crippen molar-refractivity contribution < 1.29 is 9.59 Å². The van der Waals surface area contributed by atoms with Crippen LogP contribution in [-0.2, 0) is 16.0 Å². The predicted molar refractivity (Wildman–Crippen MR) is 111 cm³/mol. The summed E-state index contributed by atoms with van der Waals surface area (Å²) in [5.74, 6) is 0.299. The third-order valence-electron chi connectivity index (χ3n) is 6.05. The number of nitrogens with zero attached hydrogens (tertiary/aromatic N) is 1. The first-order valence-corrected chi connectivity index (χ1v) is 10.3. The number of amides is 2. The Balaban J connectivity index is 1.45. The lowest BCUT2D eigenvalue weighted by Crippen LogP contribution is -2.42. The SMILES string of the molecule is Cc1cccc(-c2ccc(C[C@@H]3CN(C(=O)C4CCC4)CCNC3=O)cc2)c1. The molecule has 0 bridgehead atoms. The van der Waals surface area contributed by atoms with Gasteiger partial charge in [-0.05, 0) is 42.9 Å². The van der Waals surface area contributed by atoms with E-state index in [1.807, 2.05) is 4.90 Å². The van der Waals surface area contributed by atoms with Crippen LogP contribution in [0.3, 0.4) is 0 Å². The number of hydrogen-bond donors (Lipinski definition) is 1. The highest BCUT2D eigenvalue weighted by atomic mass is 16.2. The summed E-state index contributed by atoms with van der Waals surface area (Å²) in [6, 6.07) is 16.9. The highest BCUT2D eigenvalue weighted by molar-refractivity contribution is 5.83. The van der Waals surface area contributed by atoms with Gasteiger partial charge in [0.05, 0.1) is 5.92 Å². The van der Waals surface area contributed by atoms with E-state index in [1.54, 1.807) is 0 Å². The molecule has 1 atom stereocenters. The average molecular weight is 377 g/mol. The van der Waals surface area contributed by atoms with Crippen molar-refractivity contribution in [2.24, 2.45) is 11.8 Å². The van der Waals surface area contributed by atoms with Crippen molar-refractivity contribution in [3.8, 4) is 11.1 Å². The Hall–Kier alpha value is -2.62. The molecule has 146 valence electrons. The summed E-state index contributed by atoms with van der Waals surface area (Å²) in [6.07, 6.45) is 3.82. The van der Waals surface area contributed by atoms with Crippen molar-refractivity contribution >= 4 is 11.8 Å². The van der Waals surface area contributed by atoms with Gasteiger partial charge in [0, 0.05) is 25.6 Å². The van der Waals surface area contributed by atoms with Crippen molar-refractivity contribution in [3.63, 3.8) is 0 Å². The number of rotatable bonds is 4. The maximum Gasteiger partial charge on any atom is 0.225 e. The van der Waals surface area contributed by atoms with E-state index in [0.717, 1.165) is 24.8 Å². The molecule has 1 N–H and O–H groups in total. The first-order valence-electron chi connectivity index (χ1n) is 10.3. The second kappa shape index (κ2) is 8.17. The largest absolute Gasteiger partial charge is 0.354 e. The van der Waals surface area contributed by atoms with Gasteiger partial charge in [-0.1, -0.05) is 60.5 Å². The molecule has 1 aliphatic carbocycles. The van der Waals surface area contributed by atoms with Crippen LogP contribution in [-0.4, -0.2) is 36.3 Å². The van der Waals surface area contributed by atoms with Crippen molar-refractivity contribution in [3.05, 3.63) is 59.7 Å². The molecule has 2 fully saturated rings. The van der Waals surface area contributed by atoms with Crippen molar-refractivity contribution in [2.45, 2.75) is 32.6 Å². The molecule has 4 rings (SSSR count). The van der Waals surface area contributed by atoms with Gasteiger partial charge < -0.3 is 10.2 Å². The van der Waals surface area contributed by atoms with Gasteiger partial charge in [-0.3, -0.25) is 9.59 Å². The maximum atomic E-state index is 12.7. The molecule has 0 radical (unpaired) electrons. The van der Waals surface area contributed by atoms with Crippen LogP contribution in [0, 0.1) is 18.8 Å². The Kier molecular flexibility index (Phi) is 5.47. The van der Waals surface area contributed by atoms with Crippen LogP contribution in [0.5, 0.6) is 0 Å². The van der Waals surface area contributed by atoms with Crippen LogP contribution >= 0.6 is 0 Å². The van der Waals surface area contributed by atoms with Gasteiger partial charge in [0.1, 0.15) is 0 Å². The molecule has 0 unspecified atom stereocenters. The van der Waals surface area contributed by atoms with E-state index < -0.39 is 0 Å². The summed E-state index contributed by atoms with van der Waals surface area (Å²) < 4.78 is 0. The van der Waals surface area contributed by atoms with Crippen LogP contribution in [0.1, 0.15) is 30.4 Å². The molecule has 28 heavy (non-hydrogen) atoms. The van der Waals surface area contributed by atoms with Crippen molar-refractivity contribution in [1.82, 2.24) is 10.2 Å². The lowest BCUT2D eigenvalue weighted by molar-refractivity contribution is -0.138. The monoisotopic (exact) mass is 376 g/mol. The molecule has 4 heteroatoms. The fraction of sp³-hybridized carbons (Fsp3) is 0.417. The molecule has 1 saturated carbocycles. The third-order valence-corrected chi connectivity index (χ3v) is 6.05. The number of hydrogen-bond acceptors (Lipinski definition) is 2. The summed E-state index contributed by atoms with van der Waals surface area (Å²) in [4.78, 5) is 27.1. The quantitative estimate of drug-likeness (QED) is 0.887. The Morgan fingerprint density at radius 3 is 2.57 bits per heavy atom. The lowest BCUT2D eigenvalue weighted by atomic mass is 9.84. The van der Waals surface area contributed by atoms with E-state index in [0.29, 0.717) is 26.1 Å². The summed E-state index contributed by atoms with van der Waals surface area (Å²) >= 11 is 0. The molecular formula is C24H28N2O2. The Morgan fingerprint density at radius 1 is 1.11 bits per heavy atom. The van der Waals surface area contributed by atoms with Gasteiger partial charge in [-0.15, -0.1) is 0 Å². The van der Waals surface area contributed by atoms with Gasteiger partial charge in [0.2, 0.25) is 11.8 Å². The van der Waals surface area contributed by atoms with Gasteiger partial charge in [0.25, 0.3) is 0 Å². The first kappa shape index (κ1) is 18.7. The molecule has 2 aromatic carbocycles. The normalized spacial score (nSPS) is 20.2. The highest BCUT2D eigenvalue weighted by Crippen LogP contribution is 2.29. The summed E-state index contributed by atoms with van der Waals surface area (Å²) in [7, 11) is 0. The van der Waals surface area contributed by atoms with Crippen LogP contribution in [0.2, 0.25) is 0 Å². The van der Waals surface area contributed by atoms with Crippen LogP contribution in [0.15, 0.2) is 48.5 Å². The van der Waals surface area contributed by atoms with Gasteiger partial charge in [-0.25, -0.2) is 0 Å². The van der Waals surface area contributed by atoms with Crippen molar-refractivity contribution in [2.75, 3.05) is 19.6 Å². The molecule has 0 spiro atoms. The Morgan fingerprint density at radius 2 is 1.89 bits per heavy atom. The van der Waals surface area contributed by atoms with E-state index in [2.05, 4.69) is 60.8 Å². The zero-order valence-corrected chi connectivity index (χ0v) is 16.5. The molecule has 2 amide bonds. The summed E-state index contributed by atoms with van der Waals surface area (Å²) in [5.41, 5.74) is 4.76. The molecule has 4 nitrogen and oxygen atoms in total. The highest BCUT2D eigenvalue weighted by Gasteiger charge is 2.33. The fourth-order valence-corrected chi connectivity index (χ4v) is 4.11. The maximum absolute atomic E-state index is 12.7. The molecule has 1 heterocycles. The molecule has 0 aromatic heterocycles. The van der Waals surface area contributed by atoms with Crippen LogP contribution in [0.25, 0.3) is 11.1 Å². The summed E-state index contributed by atoms with van der Waals surface area (Å²) in [6.45, 7) is 3.81. The van der Waals surface area contributed by atoms with Gasteiger partial charge >= 0.3 is 0 Å². The second-order valence-corrected chi connectivity index (χ2v) is 8.17. The summed E-state index contributed by atoms with van der Waals surface area (Å²) in [5, 5.41) is 2.99. The minimum atomic E-state index is -0.184. The van der Waals surface area contributed by atoms with Crippen molar-refractivity contribution in [1.29, 1.82) is 0 Å². The van der Waals surface area contributed by atoms with E-state index in [9.17, 15) is 9.59 Å². The number of carbonyl (C=O) groups is 2. The first-order chi connectivity index (χ1) is 13.6. The minimum absolute atomic E-state index is 0.0617. The zero-order valence-electron chi connectivity index (χ0n) is 16.5. The van der Waals surface area contributed by atoms with E-state index >= 15 is 0 Å². The second-order valence-electron chi connectivity index (χ2n) is 8.17. The Labute approximate surface area is 166 Å². The van der Waals surface area contributed by atoms with E-state index in [-0.39, 0.29) is 23.7 Å². The fourth-order valence-electron chi connectivity index (χ4n) is 4.11. The number of benzene rings is 2. The average Bonchev–Trinajstić information content (AvgIpc) is 2.83. The smallest absolute Gasteiger partial charge is 0.225 e. The molecule has 2 aromatic rings. The molecule has 1 aliphatic heterocycles. The molecule has 1 saturated heterocycles. The topological polar surface area (TPSA) is 49.4 Å². The minimum Gasteiger partial charge on any atom is -0.354 e. The van der Waals surface area contributed by atoms with Gasteiger partial charge in [0.15, 0.2) is 0 Å². The van der Waals surface area contributed by atoms with E-state index in [4.69, 9.17) is 0 Å². The van der Waals surface area contributed by atoms with Crippen LogP contribution < -0.4 is 5.32 Å². The standard InChI is InChI=1S/C24H28N2O2/c1-17-4-2-7-21(14-17)19-10-8-18(9-11-19)15-22-16-26(13-12-25-23(22)27)24(28)20-5-3-6-20/h2,4,7-11,14,20,22H,3,5-6,12-13,15-16H2,1H3,(H,25,27)/t22-/m1/s1. The Bertz CT molecular complexity index is 855. The zero-order chi connectivity index (χ0) is 19.5. The lowest BCUT2D eigenvalue weighted by Gasteiger charge is -2.31. The number of nitrogens with one attached hydrogen (secondary N) is 1. The number of carbonyl (C=O) groups excluding carboxylic acids is 2. The van der Waals surface area contributed by atoms with E-state index in [1.165, 1.54) is 16.7 Å². The van der Waals surface area contributed by atoms with Crippen LogP contribution in [0.4, 0.5) is 0 Å². The van der Waals surface area contributed by atoms with Gasteiger partial charge in [-0.2, -0.15) is 0 Å². The third kappa shape index (κ3) is 4.11. The number of aryl methyl sites for hydroxylation is 1.